The standard InChI is InChI=1S/C34H19N5O/c35-20-21-9-8-12-23(17-21)33-36-32(22-10-2-1-3-11-22)37-34(38-33)39-28-15-6-4-13-24(28)26-19-31-27(18-29(26)39)25-14-5-7-16-30(25)40-31/h1-19H. The van der Waals surface area contributed by atoms with Crippen LogP contribution in [0.4, 0.5) is 0 Å². The van der Waals surface area contributed by atoms with E-state index in [2.05, 4.69) is 41.0 Å². The molecule has 40 heavy (non-hydrogen) atoms. The lowest BCUT2D eigenvalue weighted by molar-refractivity contribution is 0.669. The fourth-order valence-corrected chi connectivity index (χ4v) is 5.44. The van der Waals surface area contributed by atoms with Crippen molar-refractivity contribution >= 4 is 43.7 Å². The summed E-state index contributed by atoms with van der Waals surface area (Å²) in [5.74, 6) is 1.56. The minimum Gasteiger partial charge on any atom is -0.456 e. The van der Waals surface area contributed by atoms with Gasteiger partial charge in [0.1, 0.15) is 11.2 Å². The molecule has 0 aliphatic rings. The van der Waals surface area contributed by atoms with Gasteiger partial charge in [0.25, 0.3) is 0 Å². The number of benzene rings is 5. The zero-order valence-electron chi connectivity index (χ0n) is 21.1. The minimum absolute atomic E-state index is 0.502. The van der Waals surface area contributed by atoms with Crippen molar-refractivity contribution in [2.45, 2.75) is 0 Å². The largest absolute Gasteiger partial charge is 0.456 e. The van der Waals surface area contributed by atoms with Crippen molar-refractivity contribution in [1.82, 2.24) is 19.5 Å². The molecule has 6 heteroatoms. The molecule has 186 valence electrons. The van der Waals surface area contributed by atoms with Gasteiger partial charge in [-0.25, -0.2) is 4.98 Å². The Bertz CT molecular complexity index is 2290. The van der Waals surface area contributed by atoms with Crippen molar-refractivity contribution in [3.63, 3.8) is 0 Å². The summed E-state index contributed by atoms with van der Waals surface area (Å²) >= 11 is 0. The molecule has 3 aromatic heterocycles. The Morgan fingerprint density at radius 3 is 2.12 bits per heavy atom. The van der Waals surface area contributed by atoms with Crippen LogP contribution in [0.2, 0.25) is 0 Å². The van der Waals surface area contributed by atoms with Gasteiger partial charge in [-0.05, 0) is 36.4 Å². The zero-order valence-corrected chi connectivity index (χ0v) is 21.1. The van der Waals surface area contributed by atoms with Crippen LogP contribution in [0.5, 0.6) is 0 Å². The van der Waals surface area contributed by atoms with E-state index in [1.165, 1.54) is 0 Å². The van der Waals surface area contributed by atoms with Crippen LogP contribution >= 0.6 is 0 Å². The topological polar surface area (TPSA) is 80.5 Å². The quantitative estimate of drug-likeness (QED) is 0.239. The van der Waals surface area contributed by atoms with Crippen LogP contribution in [-0.4, -0.2) is 19.5 Å². The fraction of sp³-hybridized carbons (Fsp3) is 0. The lowest BCUT2D eigenvalue weighted by Gasteiger charge is -2.11. The second kappa shape index (κ2) is 8.62. The first-order chi connectivity index (χ1) is 19.8. The van der Waals surface area contributed by atoms with Gasteiger partial charge in [-0.2, -0.15) is 15.2 Å². The Hall–Kier alpha value is -5.80. The highest BCUT2D eigenvalue weighted by Gasteiger charge is 2.19. The van der Waals surface area contributed by atoms with Crippen molar-refractivity contribution in [3.8, 4) is 34.8 Å². The molecule has 0 spiro atoms. The number of hydrogen-bond acceptors (Lipinski definition) is 5. The highest BCUT2D eigenvalue weighted by atomic mass is 16.3. The number of furan rings is 1. The molecular weight excluding hydrogens is 494 g/mol. The summed E-state index contributed by atoms with van der Waals surface area (Å²) in [5, 5.41) is 13.7. The molecule has 3 heterocycles. The van der Waals surface area contributed by atoms with E-state index >= 15 is 0 Å². The third-order valence-electron chi connectivity index (χ3n) is 7.28. The van der Waals surface area contributed by atoms with Crippen LogP contribution in [0.3, 0.4) is 0 Å². The summed E-state index contributed by atoms with van der Waals surface area (Å²) < 4.78 is 8.32. The van der Waals surface area contributed by atoms with Crippen LogP contribution in [0.1, 0.15) is 5.56 Å². The molecule has 8 rings (SSSR count). The second-order valence-electron chi connectivity index (χ2n) is 9.66. The van der Waals surface area contributed by atoms with Crippen molar-refractivity contribution in [1.29, 1.82) is 5.26 Å². The highest BCUT2D eigenvalue weighted by Crippen LogP contribution is 2.38. The van der Waals surface area contributed by atoms with Gasteiger partial charge >= 0.3 is 0 Å². The first kappa shape index (κ1) is 22.2. The maximum Gasteiger partial charge on any atom is 0.238 e. The molecule has 0 aliphatic carbocycles. The average molecular weight is 514 g/mol. The van der Waals surface area contributed by atoms with E-state index in [1.54, 1.807) is 12.1 Å². The average Bonchev–Trinajstić information content (AvgIpc) is 3.55. The van der Waals surface area contributed by atoms with E-state index in [-0.39, 0.29) is 0 Å². The first-order valence-corrected chi connectivity index (χ1v) is 12.9. The van der Waals surface area contributed by atoms with E-state index in [0.29, 0.717) is 23.2 Å². The molecular formula is C34H19N5O. The molecule has 0 saturated carbocycles. The van der Waals surface area contributed by atoms with E-state index in [1.807, 2.05) is 72.8 Å². The van der Waals surface area contributed by atoms with Crippen LogP contribution in [0.15, 0.2) is 120 Å². The molecule has 5 aromatic carbocycles. The molecule has 0 saturated heterocycles. The molecule has 0 amide bonds. The van der Waals surface area contributed by atoms with Crippen LogP contribution in [0, 0.1) is 11.3 Å². The van der Waals surface area contributed by atoms with Gasteiger partial charge in [-0.15, -0.1) is 0 Å². The molecule has 0 bridgehead atoms. The van der Waals surface area contributed by atoms with Crippen molar-refractivity contribution in [3.05, 3.63) is 121 Å². The summed E-state index contributed by atoms with van der Waals surface area (Å²) in [6.45, 7) is 0. The maximum atomic E-state index is 9.51. The Morgan fingerprint density at radius 2 is 1.27 bits per heavy atom. The molecule has 0 aliphatic heterocycles. The minimum atomic E-state index is 0.502. The monoisotopic (exact) mass is 513 g/mol. The van der Waals surface area contributed by atoms with Gasteiger partial charge in [0.2, 0.25) is 5.95 Å². The van der Waals surface area contributed by atoms with Crippen molar-refractivity contribution in [2.75, 3.05) is 0 Å². The molecule has 0 unspecified atom stereocenters. The molecule has 0 radical (unpaired) electrons. The lowest BCUT2D eigenvalue weighted by Crippen LogP contribution is -2.06. The van der Waals surface area contributed by atoms with Gasteiger partial charge in [0.05, 0.1) is 22.7 Å². The van der Waals surface area contributed by atoms with Gasteiger partial charge in [0.15, 0.2) is 11.6 Å². The number of rotatable bonds is 3. The Labute approximate surface area is 228 Å². The Balaban J connectivity index is 1.48. The van der Waals surface area contributed by atoms with Crippen molar-refractivity contribution < 1.29 is 4.42 Å². The molecule has 0 fully saturated rings. The number of aromatic nitrogens is 4. The summed E-state index contributed by atoms with van der Waals surface area (Å²) in [4.78, 5) is 14.8. The van der Waals surface area contributed by atoms with Crippen molar-refractivity contribution in [2.24, 2.45) is 0 Å². The van der Waals surface area contributed by atoms with Crippen LogP contribution in [0.25, 0.3) is 72.5 Å². The molecule has 0 atom stereocenters. The summed E-state index contributed by atoms with van der Waals surface area (Å²) in [5.41, 5.74) is 5.83. The van der Waals surface area contributed by atoms with Gasteiger partial charge < -0.3 is 4.42 Å². The van der Waals surface area contributed by atoms with Crippen LogP contribution in [-0.2, 0) is 0 Å². The Kier molecular flexibility index (Phi) is 4.78. The smallest absolute Gasteiger partial charge is 0.238 e. The van der Waals surface area contributed by atoms with E-state index in [4.69, 9.17) is 19.4 Å². The number of nitrogens with zero attached hydrogens (tertiary/aromatic N) is 5. The summed E-state index contributed by atoms with van der Waals surface area (Å²) in [6.07, 6.45) is 0. The lowest BCUT2D eigenvalue weighted by atomic mass is 10.1. The number of fused-ring (bicyclic) bond motifs is 6. The normalized spacial score (nSPS) is 11.5. The summed E-state index contributed by atoms with van der Waals surface area (Å²) in [6, 6.07) is 40.1. The number of para-hydroxylation sites is 2. The zero-order chi connectivity index (χ0) is 26.6. The number of nitriles is 1. The third kappa shape index (κ3) is 3.39. The molecule has 8 aromatic rings. The predicted octanol–water partition coefficient (Wildman–Crippen LogP) is 8.07. The SMILES string of the molecule is N#Cc1cccc(-c2nc(-c3ccccc3)nc(-n3c4ccccc4c4cc5oc6ccccc6c5cc43)n2)c1. The van der Waals surface area contributed by atoms with E-state index in [9.17, 15) is 5.26 Å². The third-order valence-corrected chi connectivity index (χ3v) is 7.28. The van der Waals surface area contributed by atoms with Crippen LogP contribution < -0.4 is 0 Å². The van der Waals surface area contributed by atoms with Gasteiger partial charge in [0, 0.05) is 32.7 Å². The van der Waals surface area contributed by atoms with E-state index < -0.39 is 0 Å². The predicted molar refractivity (Wildman–Crippen MR) is 157 cm³/mol. The van der Waals surface area contributed by atoms with E-state index in [0.717, 1.165) is 54.9 Å². The highest BCUT2D eigenvalue weighted by molar-refractivity contribution is 6.16. The number of hydrogen-bond donors (Lipinski definition) is 0. The summed E-state index contributed by atoms with van der Waals surface area (Å²) in [7, 11) is 0. The fourth-order valence-electron chi connectivity index (χ4n) is 5.44. The molecule has 0 N–H and O–H groups in total. The maximum absolute atomic E-state index is 9.51. The Morgan fingerprint density at radius 1 is 0.550 bits per heavy atom. The van der Waals surface area contributed by atoms with Gasteiger partial charge in [-0.1, -0.05) is 78.9 Å². The molecule has 6 nitrogen and oxygen atoms in total. The second-order valence-corrected chi connectivity index (χ2v) is 9.66. The van der Waals surface area contributed by atoms with Gasteiger partial charge in [-0.3, -0.25) is 4.57 Å². The first-order valence-electron chi connectivity index (χ1n) is 12.9.